The molecule has 1 aromatic carbocycles. The maximum absolute atomic E-state index is 13.1. The fourth-order valence-electron chi connectivity index (χ4n) is 3.95. The summed E-state index contributed by atoms with van der Waals surface area (Å²) in [7, 11) is 1.92. The summed E-state index contributed by atoms with van der Waals surface area (Å²) in [5.74, 6) is -0.212. The Hall–Kier alpha value is -2.41. The fourth-order valence-corrected chi connectivity index (χ4v) is 3.95. The van der Waals surface area contributed by atoms with Crippen molar-refractivity contribution in [1.82, 2.24) is 24.9 Å². The van der Waals surface area contributed by atoms with E-state index in [0.29, 0.717) is 6.54 Å². The van der Waals surface area contributed by atoms with Crippen LogP contribution < -0.4 is 5.32 Å². The summed E-state index contributed by atoms with van der Waals surface area (Å²) in [5, 5.41) is 7.58. The Morgan fingerprint density at radius 2 is 1.89 bits per heavy atom. The molecule has 6 nitrogen and oxygen atoms in total. The molecule has 7 heteroatoms. The van der Waals surface area contributed by atoms with Gasteiger partial charge in [0.15, 0.2) is 0 Å². The number of carbonyl (C=O) groups is 1. The SMILES string of the molecule is Cc1nn(C)c(C)c1C(C)NC(=O)N1CCCN(Cc2ccc(F)cc2)CC1. The molecule has 2 aromatic rings. The van der Waals surface area contributed by atoms with Crippen LogP contribution in [0.25, 0.3) is 0 Å². The summed E-state index contributed by atoms with van der Waals surface area (Å²) < 4.78 is 14.9. The molecular weight excluding hydrogens is 357 g/mol. The summed E-state index contributed by atoms with van der Waals surface area (Å²) >= 11 is 0. The first-order chi connectivity index (χ1) is 13.3. The van der Waals surface area contributed by atoms with E-state index in [1.165, 1.54) is 12.1 Å². The minimum absolute atomic E-state index is 0.0289. The molecule has 1 atom stereocenters. The van der Waals surface area contributed by atoms with Gasteiger partial charge in [-0.3, -0.25) is 9.58 Å². The van der Waals surface area contributed by atoms with E-state index in [-0.39, 0.29) is 17.9 Å². The van der Waals surface area contributed by atoms with Crippen LogP contribution in [-0.2, 0) is 13.6 Å². The van der Waals surface area contributed by atoms with Crippen LogP contribution in [0.5, 0.6) is 0 Å². The molecule has 0 spiro atoms. The maximum atomic E-state index is 13.1. The second kappa shape index (κ2) is 8.73. The number of rotatable bonds is 4. The molecule has 152 valence electrons. The first-order valence-corrected chi connectivity index (χ1v) is 9.87. The molecule has 1 aromatic heterocycles. The number of aryl methyl sites for hydroxylation is 2. The summed E-state index contributed by atoms with van der Waals surface area (Å²) in [5.41, 5.74) is 4.21. The van der Waals surface area contributed by atoms with Crippen LogP contribution in [-0.4, -0.2) is 51.8 Å². The number of nitrogens with zero attached hydrogens (tertiary/aromatic N) is 4. The van der Waals surface area contributed by atoms with Gasteiger partial charge in [-0.25, -0.2) is 9.18 Å². The Labute approximate surface area is 166 Å². The molecule has 1 unspecified atom stereocenters. The largest absolute Gasteiger partial charge is 0.331 e. The van der Waals surface area contributed by atoms with Crippen LogP contribution in [0.1, 0.15) is 41.9 Å². The van der Waals surface area contributed by atoms with E-state index in [4.69, 9.17) is 0 Å². The molecule has 1 N–H and O–H groups in total. The van der Waals surface area contributed by atoms with Gasteiger partial charge in [-0.1, -0.05) is 12.1 Å². The third kappa shape index (κ3) is 4.70. The smallest absolute Gasteiger partial charge is 0.317 e. The lowest BCUT2D eigenvalue weighted by molar-refractivity contribution is 0.194. The van der Waals surface area contributed by atoms with Gasteiger partial charge in [-0.15, -0.1) is 0 Å². The predicted molar refractivity (Wildman–Crippen MR) is 107 cm³/mol. The van der Waals surface area contributed by atoms with Gasteiger partial charge in [-0.2, -0.15) is 5.10 Å². The average Bonchev–Trinajstić information content (AvgIpc) is 2.81. The minimum Gasteiger partial charge on any atom is -0.331 e. The zero-order chi connectivity index (χ0) is 20.3. The van der Waals surface area contributed by atoms with Crippen LogP contribution in [0.2, 0.25) is 0 Å². The van der Waals surface area contributed by atoms with Crippen LogP contribution in [0, 0.1) is 19.7 Å². The van der Waals surface area contributed by atoms with Crippen molar-refractivity contribution >= 4 is 6.03 Å². The van der Waals surface area contributed by atoms with Gasteiger partial charge in [-0.05, 0) is 44.9 Å². The number of urea groups is 1. The van der Waals surface area contributed by atoms with E-state index < -0.39 is 0 Å². The van der Waals surface area contributed by atoms with Crippen molar-refractivity contribution in [3.63, 3.8) is 0 Å². The Bertz CT molecular complexity index is 817. The van der Waals surface area contributed by atoms with Crippen LogP contribution in [0.15, 0.2) is 24.3 Å². The summed E-state index contributed by atoms with van der Waals surface area (Å²) in [6.07, 6.45) is 0.925. The highest BCUT2D eigenvalue weighted by Gasteiger charge is 2.23. The monoisotopic (exact) mass is 387 g/mol. The molecule has 3 rings (SSSR count). The Kier molecular flexibility index (Phi) is 6.34. The lowest BCUT2D eigenvalue weighted by atomic mass is 10.1. The Morgan fingerprint density at radius 1 is 1.18 bits per heavy atom. The number of hydrogen-bond acceptors (Lipinski definition) is 3. The van der Waals surface area contributed by atoms with E-state index in [0.717, 1.165) is 55.1 Å². The second-order valence-electron chi connectivity index (χ2n) is 7.62. The minimum atomic E-state index is -0.212. The van der Waals surface area contributed by atoms with Gasteiger partial charge >= 0.3 is 6.03 Å². The molecule has 1 aliphatic heterocycles. The summed E-state index contributed by atoms with van der Waals surface area (Å²) in [4.78, 5) is 17.0. The van der Waals surface area contributed by atoms with E-state index in [1.807, 2.05) is 49.5 Å². The van der Waals surface area contributed by atoms with E-state index in [9.17, 15) is 9.18 Å². The Balaban J connectivity index is 1.55. The lowest BCUT2D eigenvalue weighted by Crippen LogP contribution is -2.43. The van der Waals surface area contributed by atoms with Crippen molar-refractivity contribution in [2.24, 2.45) is 7.05 Å². The van der Waals surface area contributed by atoms with Gasteiger partial charge in [0.05, 0.1) is 11.7 Å². The molecular formula is C21H30FN5O. The van der Waals surface area contributed by atoms with E-state index in [1.54, 1.807) is 0 Å². The van der Waals surface area contributed by atoms with Gasteiger partial charge in [0.2, 0.25) is 0 Å². The second-order valence-corrected chi connectivity index (χ2v) is 7.62. The van der Waals surface area contributed by atoms with Gasteiger partial charge in [0.1, 0.15) is 5.82 Å². The maximum Gasteiger partial charge on any atom is 0.317 e. The first-order valence-electron chi connectivity index (χ1n) is 9.87. The molecule has 1 saturated heterocycles. The van der Waals surface area contributed by atoms with Crippen LogP contribution >= 0.6 is 0 Å². The normalized spacial score (nSPS) is 16.7. The average molecular weight is 388 g/mol. The van der Waals surface area contributed by atoms with Gasteiger partial charge in [0, 0.05) is 51.0 Å². The van der Waals surface area contributed by atoms with Crippen molar-refractivity contribution in [2.45, 2.75) is 39.8 Å². The number of benzene rings is 1. The zero-order valence-electron chi connectivity index (χ0n) is 17.2. The quantitative estimate of drug-likeness (QED) is 0.877. The molecule has 2 amide bonds. The predicted octanol–water partition coefficient (Wildman–Crippen LogP) is 3.15. The van der Waals surface area contributed by atoms with Gasteiger partial charge < -0.3 is 10.2 Å². The van der Waals surface area contributed by atoms with Crippen molar-refractivity contribution in [3.05, 3.63) is 52.6 Å². The standard InChI is InChI=1S/C21H30FN5O/c1-15(20-16(2)24-25(4)17(20)3)23-21(28)27-11-5-10-26(12-13-27)14-18-6-8-19(22)9-7-18/h6-9,15H,5,10-14H2,1-4H3,(H,23,28). The van der Waals surface area contributed by atoms with E-state index in [2.05, 4.69) is 15.3 Å². The topological polar surface area (TPSA) is 53.4 Å². The number of carbonyl (C=O) groups excluding carboxylic acids is 1. The lowest BCUT2D eigenvalue weighted by Gasteiger charge is -2.24. The highest BCUT2D eigenvalue weighted by molar-refractivity contribution is 5.74. The third-order valence-corrected chi connectivity index (χ3v) is 5.53. The van der Waals surface area contributed by atoms with Crippen molar-refractivity contribution in [1.29, 1.82) is 0 Å². The third-order valence-electron chi connectivity index (χ3n) is 5.53. The number of halogens is 1. The highest BCUT2D eigenvalue weighted by atomic mass is 19.1. The van der Waals surface area contributed by atoms with Crippen LogP contribution in [0.4, 0.5) is 9.18 Å². The molecule has 0 bridgehead atoms. The molecule has 28 heavy (non-hydrogen) atoms. The Morgan fingerprint density at radius 3 is 2.54 bits per heavy atom. The van der Waals surface area contributed by atoms with Crippen molar-refractivity contribution < 1.29 is 9.18 Å². The molecule has 2 heterocycles. The molecule has 1 aliphatic rings. The number of aromatic nitrogens is 2. The van der Waals surface area contributed by atoms with Crippen molar-refractivity contribution in [3.8, 4) is 0 Å². The molecule has 0 saturated carbocycles. The highest BCUT2D eigenvalue weighted by Crippen LogP contribution is 2.21. The summed E-state index contributed by atoms with van der Waals surface area (Å²) in [6, 6.07) is 6.53. The van der Waals surface area contributed by atoms with Crippen molar-refractivity contribution in [2.75, 3.05) is 26.2 Å². The number of nitrogens with one attached hydrogen (secondary N) is 1. The number of amides is 2. The van der Waals surface area contributed by atoms with Gasteiger partial charge in [0.25, 0.3) is 0 Å². The molecule has 0 radical (unpaired) electrons. The van der Waals surface area contributed by atoms with E-state index >= 15 is 0 Å². The fraction of sp³-hybridized carbons (Fsp3) is 0.524. The molecule has 0 aliphatic carbocycles. The zero-order valence-corrected chi connectivity index (χ0v) is 17.2. The van der Waals surface area contributed by atoms with Crippen LogP contribution in [0.3, 0.4) is 0 Å². The number of hydrogen-bond donors (Lipinski definition) is 1. The summed E-state index contributed by atoms with van der Waals surface area (Å²) in [6.45, 7) is 9.95. The molecule has 1 fully saturated rings. The first kappa shape index (κ1) is 20.3.